The van der Waals surface area contributed by atoms with Crippen molar-refractivity contribution in [3.05, 3.63) is 24.4 Å². The van der Waals surface area contributed by atoms with Gasteiger partial charge >= 0.3 is 12.1 Å². The second-order valence-electron chi connectivity index (χ2n) is 6.97. The van der Waals surface area contributed by atoms with E-state index >= 15 is 0 Å². The van der Waals surface area contributed by atoms with Crippen LogP contribution in [0.3, 0.4) is 0 Å². The molecule has 0 saturated carbocycles. The Hall–Kier alpha value is -2.33. The number of rotatable bonds is 11. The van der Waals surface area contributed by atoms with Crippen molar-refractivity contribution in [2.45, 2.75) is 57.8 Å². The monoisotopic (exact) mass is 415 g/mol. The number of hydroxylamine groups is 2. The standard InChI is InChI=1S/C19H27F2N3O5/c1-4-6-16(7-5-2)28-18(26)19(20,21)29-24(13-25)15-10-14(11-23(3)12-15)17-22-8-9-27-17/h8-10,13,15-16H,4-7,11-12H2,1-3H3. The maximum absolute atomic E-state index is 14.4. The van der Waals surface area contributed by atoms with Crippen LogP contribution in [0, 0.1) is 0 Å². The van der Waals surface area contributed by atoms with Gasteiger partial charge in [0.1, 0.15) is 12.4 Å². The molecule has 0 N–H and O–H groups in total. The molecule has 1 amide bonds. The Morgan fingerprint density at radius 3 is 2.69 bits per heavy atom. The predicted molar refractivity (Wildman–Crippen MR) is 99.4 cm³/mol. The van der Waals surface area contributed by atoms with Crippen molar-refractivity contribution in [1.82, 2.24) is 14.9 Å². The van der Waals surface area contributed by atoms with Crippen molar-refractivity contribution in [2.24, 2.45) is 0 Å². The van der Waals surface area contributed by atoms with Crippen LogP contribution >= 0.6 is 0 Å². The van der Waals surface area contributed by atoms with Crippen LogP contribution < -0.4 is 0 Å². The number of hydrogen-bond donors (Lipinski definition) is 0. The summed E-state index contributed by atoms with van der Waals surface area (Å²) < 4.78 is 38.9. The minimum atomic E-state index is -4.30. The molecular weight excluding hydrogens is 388 g/mol. The molecule has 8 nitrogen and oxygen atoms in total. The summed E-state index contributed by atoms with van der Waals surface area (Å²) in [6.07, 6.45) is 1.93. The van der Waals surface area contributed by atoms with Gasteiger partial charge in [-0.15, -0.1) is 0 Å². The number of hydrogen-bond acceptors (Lipinski definition) is 7. The Bertz CT molecular complexity index is 690. The van der Waals surface area contributed by atoms with Gasteiger partial charge in [0.25, 0.3) is 0 Å². The molecule has 2 heterocycles. The van der Waals surface area contributed by atoms with Crippen molar-refractivity contribution in [1.29, 1.82) is 0 Å². The van der Waals surface area contributed by atoms with Crippen LogP contribution in [0.1, 0.15) is 45.4 Å². The predicted octanol–water partition coefficient (Wildman–Crippen LogP) is 2.87. The third-order valence-electron chi connectivity index (χ3n) is 4.42. The number of likely N-dealkylation sites (N-methyl/N-ethyl adjacent to an activating group) is 1. The number of aromatic nitrogens is 1. The van der Waals surface area contributed by atoms with Crippen LogP contribution in [0.15, 0.2) is 23.0 Å². The second kappa shape index (κ2) is 10.4. The Labute approximate surface area is 168 Å². The number of oxazole rings is 1. The molecule has 0 aliphatic carbocycles. The first-order valence-corrected chi connectivity index (χ1v) is 9.61. The zero-order chi connectivity index (χ0) is 21.4. The quantitative estimate of drug-likeness (QED) is 0.312. The normalized spacial score (nSPS) is 17.9. The van der Waals surface area contributed by atoms with Gasteiger partial charge in [0, 0.05) is 18.7 Å². The molecule has 0 aromatic carbocycles. The summed E-state index contributed by atoms with van der Waals surface area (Å²) in [6, 6.07) is -0.867. The van der Waals surface area contributed by atoms with Gasteiger partial charge in [-0.2, -0.15) is 13.6 Å². The molecule has 0 spiro atoms. The van der Waals surface area contributed by atoms with Gasteiger partial charge in [0.15, 0.2) is 0 Å². The SMILES string of the molecule is CCCC(CCC)OC(=O)C(F)(F)ON(C=O)C1C=C(c2ncco2)CN(C)C1. The highest BCUT2D eigenvalue weighted by Crippen LogP contribution is 2.26. The molecule has 1 aliphatic rings. The van der Waals surface area contributed by atoms with E-state index in [2.05, 4.69) is 9.82 Å². The minimum Gasteiger partial charge on any atom is -0.456 e. The zero-order valence-electron chi connectivity index (χ0n) is 16.8. The molecule has 0 radical (unpaired) electrons. The van der Waals surface area contributed by atoms with Crippen molar-refractivity contribution < 1.29 is 32.4 Å². The summed E-state index contributed by atoms with van der Waals surface area (Å²) in [6.45, 7) is 4.42. The van der Waals surface area contributed by atoms with Crippen molar-refractivity contribution >= 4 is 18.0 Å². The second-order valence-corrected chi connectivity index (χ2v) is 6.97. The lowest BCUT2D eigenvalue weighted by molar-refractivity contribution is -0.335. The Morgan fingerprint density at radius 1 is 1.45 bits per heavy atom. The number of carbonyl (C=O) groups excluding carboxylic acids is 2. The highest BCUT2D eigenvalue weighted by molar-refractivity contribution is 5.76. The molecule has 10 heteroatoms. The highest BCUT2D eigenvalue weighted by Gasteiger charge is 2.47. The zero-order valence-corrected chi connectivity index (χ0v) is 16.8. The molecule has 1 atom stereocenters. The van der Waals surface area contributed by atoms with Crippen molar-refractivity contribution in [2.75, 3.05) is 20.1 Å². The van der Waals surface area contributed by atoms with Crippen LogP contribution in [0.25, 0.3) is 5.57 Å². The topological polar surface area (TPSA) is 85.1 Å². The Balaban J connectivity index is 2.11. The lowest BCUT2D eigenvalue weighted by Crippen LogP contribution is -2.49. The van der Waals surface area contributed by atoms with E-state index in [9.17, 15) is 18.4 Å². The van der Waals surface area contributed by atoms with Gasteiger partial charge in [-0.1, -0.05) is 26.7 Å². The summed E-state index contributed by atoms with van der Waals surface area (Å²) in [5, 5.41) is 0.425. The summed E-state index contributed by atoms with van der Waals surface area (Å²) in [7, 11) is 1.75. The lowest BCUT2D eigenvalue weighted by atomic mass is 10.1. The third-order valence-corrected chi connectivity index (χ3v) is 4.42. The van der Waals surface area contributed by atoms with Gasteiger partial charge in [-0.25, -0.2) is 14.8 Å². The minimum absolute atomic E-state index is 0.115. The first-order chi connectivity index (χ1) is 13.8. The number of esters is 1. The van der Waals surface area contributed by atoms with E-state index in [0.717, 1.165) is 0 Å². The van der Waals surface area contributed by atoms with Crippen LogP contribution in [0.5, 0.6) is 0 Å². The van der Waals surface area contributed by atoms with E-state index in [0.29, 0.717) is 48.8 Å². The van der Waals surface area contributed by atoms with Crippen LogP contribution in [0.4, 0.5) is 8.78 Å². The fourth-order valence-corrected chi connectivity index (χ4v) is 3.15. The molecule has 0 fully saturated rings. The number of carbonyl (C=O) groups is 2. The molecule has 1 aromatic rings. The van der Waals surface area contributed by atoms with Gasteiger partial charge < -0.3 is 9.15 Å². The average molecular weight is 415 g/mol. The maximum Gasteiger partial charge on any atom is 0.477 e. The summed E-state index contributed by atoms with van der Waals surface area (Å²) in [5.74, 6) is -1.49. The third kappa shape index (κ3) is 6.33. The number of halogens is 2. The van der Waals surface area contributed by atoms with E-state index in [1.807, 2.05) is 13.8 Å². The molecule has 1 aliphatic heterocycles. The van der Waals surface area contributed by atoms with Crippen LogP contribution in [-0.4, -0.2) is 65.7 Å². The van der Waals surface area contributed by atoms with Gasteiger partial charge in [-0.05, 0) is 26.0 Å². The number of alkyl halides is 2. The van der Waals surface area contributed by atoms with Crippen molar-refractivity contribution in [3.8, 4) is 0 Å². The Morgan fingerprint density at radius 2 is 2.14 bits per heavy atom. The van der Waals surface area contributed by atoms with E-state index in [1.165, 1.54) is 12.5 Å². The molecule has 1 unspecified atom stereocenters. The Kier molecular flexibility index (Phi) is 8.27. The molecule has 0 saturated heterocycles. The maximum atomic E-state index is 14.4. The van der Waals surface area contributed by atoms with Gasteiger partial charge in [0.2, 0.25) is 12.3 Å². The first-order valence-electron chi connectivity index (χ1n) is 9.61. The molecule has 162 valence electrons. The number of nitrogens with zero attached hydrogens (tertiary/aromatic N) is 3. The highest BCUT2D eigenvalue weighted by atomic mass is 19.3. The fourth-order valence-electron chi connectivity index (χ4n) is 3.15. The molecule has 0 bridgehead atoms. The lowest BCUT2D eigenvalue weighted by Gasteiger charge is -2.34. The molecule has 29 heavy (non-hydrogen) atoms. The summed E-state index contributed by atoms with van der Waals surface area (Å²) in [4.78, 5) is 33.8. The molecule has 2 rings (SSSR count). The van der Waals surface area contributed by atoms with Gasteiger partial charge in [0.05, 0.1) is 12.2 Å². The van der Waals surface area contributed by atoms with E-state index < -0.39 is 24.2 Å². The van der Waals surface area contributed by atoms with Gasteiger partial charge in [-0.3, -0.25) is 9.69 Å². The van der Waals surface area contributed by atoms with E-state index in [4.69, 9.17) is 9.15 Å². The van der Waals surface area contributed by atoms with Crippen molar-refractivity contribution in [3.63, 3.8) is 0 Å². The van der Waals surface area contributed by atoms with E-state index in [-0.39, 0.29) is 13.0 Å². The fraction of sp³-hybridized carbons (Fsp3) is 0.632. The van der Waals surface area contributed by atoms with Crippen LogP contribution in [-0.2, 0) is 19.2 Å². The first kappa shape index (κ1) is 23.0. The van der Waals surface area contributed by atoms with Crippen LogP contribution in [0.2, 0.25) is 0 Å². The molecule has 1 aromatic heterocycles. The molecular formula is C19H27F2N3O5. The largest absolute Gasteiger partial charge is 0.477 e. The number of amides is 1. The van der Waals surface area contributed by atoms with E-state index in [1.54, 1.807) is 18.0 Å². The smallest absolute Gasteiger partial charge is 0.456 e. The summed E-state index contributed by atoms with van der Waals surface area (Å²) in [5.41, 5.74) is 0.612. The average Bonchev–Trinajstić information content (AvgIpc) is 3.21. The summed E-state index contributed by atoms with van der Waals surface area (Å²) >= 11 is 0. The number of ether oxygens (including phenoxy) is 1.